The lowest BCUT2D eigenvalue weighted by atomic mass is 9.96. The zero-order valence-electron chi connectivity index (χ0n) is 9.10. The van der Waals surface area contributed by atoms with Gasteiger partial charge in [0.05, 0.1) is 5.25 Å². The third kappa shape index (κ3) is 2.27. The molecule has 2 unspecified atom stereocenters. The lowest BCUT2D eigenvalue weighted by molar-refractivity contribution is 0.251. The number of hydrogen-bond donors (Lipinski definition) is 1. The topological polar surface area (TPSA) is 63.4 Å². The summed E-state index contributed by atoms with van der Waals surface area (Å²) in [6.07, 6.45) is 0.868. The molecule has 0 spiro atoms. The zero-order valence-corrected chi connectivity index (χ0v) is 9.92. The molecule has 5 heteroatoms. The fourth-order valence-electron chi connectivity index (χ4n) is 1.60. The third-order valence-corrected chi connectivity index (χ3v) is 5.18. The fourth-order valence-corrected chi connectivity index (χ4v) is 2.93. The van der Waals surface area contributed by atoms with Crippen molar-refractivity contribution in [3.63, 3.8) is 0 Å². The van der Waals surface area contributed by atoms with E-state index in [1.807, 2.05) is 0 Å². The van der Waals surface area contributed by atoms with Crippen LogP contribution in [0.1, 0.15) is 27.2 Å². The van der Waals surface area contributed by atoms with Crippen LogP contribution in [0.3, 0.4) is 0 Å². The highest BCUT2D eigenvalue weighted by Gasteiger charge is 2.32. The van der Waals surface area contributed by atoms with E-state index in [0.717, 1.165) is 6.42 Å². The molecule has 0 aromatic carbocycles. The number of piperidine rings is 1. The van der Waals surface area contributed by atoms with Gasteiger partial charge >= 0.3 is 0 Å². The van der Waals surface area contributed by atoms with Crippen molar-refractivity contribution in [3.05, 3.63) is 0 Å². The first-order valence-electron chi connectivity index (χ1n) is 5.10. The van der Waals surface area contributed by atoms with Gasteiger partial charge in [-0.25, -0.2) is 12.7 Å². The maximum atomic E-state index is 11.8. The minimum absolute atomic E-state index is 0.0164. The Labute approximate surface area is 86.5 Å². The Morgan fingerprint density at radius 3 is 2.43 bits per heavy atom. The molecule has 0 aromatic rings. The Kier molecular flexibility index (Phi) is 3.55. The van der Waals surface area contributed by atoms with Gasteiger partial charge in [0.1, 0.15) is 0 Å². The summed E-state index contributed by atoms with van der Waals surface area (Å²) in [6, 6.07) is -0.0164. The number of sulfonamides is 1. The van der Waals surface area contributed by atoms with Crippen LogP contribution in [0.2, 0.25) is 0 Å². The van der Waals surface area contributed by atoms with E-state index >= 15 is 0 Å². The van der Waals surface area contributed by atoms with E-state index < -0.39 is 10.0 Å². The van der Waals surface area contributed by atoms with Crippen molar-refractivity contribution in [2.75, 3.05) is 13.1 Å². The summed E-state index contributed by atoms with van der Waals surface area (Å²) in [4.78, 5) is 0. The van der Waals surface area contributed by atoms with E-state index in [1.165, 1.54) is 4.31 Å². The molecule has 0 aliphatic carbocycles. The first-order valence-corrected chi connectivity index (χ1v) is 6.60. The second-order valence-corrected chi connectivity index (χ2v) is 6.87. The van der Waals surface area contributed by atoms with Crippen molar-refractivity contribution in [3.8, 4) is 0 Å². The maximum absolute atomic E-state index is 11.8. The van der Waals surface area contributed by atoms with Crippen LogP contribution in [-0.2, 0) is 10.0 Å². The molecule has 14 heavy (non-hydrogen) atoms. The van der Waals surface area contributed by atoms with Gasteiger partial charge in [-0.2, -0.15) is 0 Å². The van der Waals surface area contributed by atoms with Crippen molar-refractivity contribution in [2.24, 2.45) is 11.7 Å². The molecule has 1 fully saturated rings. The summed E-state index contributed by atoms with van der Waals surface area (Å²) in [5.74, 6) is 0.425. The molecule has 0 bridgehead atoms. The molecule has 0 radical (unpaired) electrons. The van der Waals surface area contributed by atoms with Gasteiger partial charge in [-0.3, -0.25) is 0 Å². The molecule has 2 atom stereocenters. The number of nitrogens with zero attached hydrogens (tertiary/aromatic N) is 1. The van der Waals surface area contributed by atoms with Crippen molar-refractivity contribution in [1.82, 2.24) is 4.31 Å². The number of hydrogen-bond acceptors (Lipinski definition) is 3. The highest BCUT2D eigenvalue weighted by atomic mass is 32.2. The van der Waals surface area contributed by atoms with Crippen LogP contribution in [-0.4, -0.2) is 37.1 Å². The Balaban J connectivity index is 2.73. The second-order valence-electron chi connectivity index (χ2n) is 4.38. The molecule has 0 amide bonds. The van der Waals surface area contributed by atoms with E-state index in [-0.39, 0.29) is 11.3 Å². The molecule has 4 nitrogen and oxygen atoms in total. The van der Waals surface area contributed by atoms with Crippen LogP contribution >= 0.6 is 0 Å². The third-order valence-electron chi connectivity index (χ3n) is 2.93. The molecule has 0 saturated carbocycles. The minimum Gasteiger partial charge on any atom is -0.326 e. The summed E-state index contributed by atoms with van der Waals surface area (Å²) < 4.78 is 25.1. The van der Waals surface area contributed by atoms with Crippen LogP contribution in [0, 0.1) is 5.92 Å². The Morgan fingerprint density at radius 1 is 1.43 bits per heavy atom. The Bertz CT molecular complexity index is 287. The monoisotopic (exact) mass is 220 g/mol. The molecule has 1 aliphatic heterocycles. The summed E-state index contributed by atoms with van der Waals surface area (Å²) in [5, 5.41) is -0.344. The quantitative estimate of drug-likeness (QED) is 0.732. The second kappa shape index (κ2) is 4.16. The fraction of sp³-hybridized carbons (Fsp3) is 1.00. The van der Waals surface area contributed by atoms with E-state index in [9.17, 15) is 8.42 Å². The van der Waals surface area contributed by atoms with E-state index in [1.54, 1.807) is 13.8 Å². The zero-order chi connectivity index (χ0) is 10.9. The highest BCUT2D eigenvalue weighted by Crippen LogP contribution is 2.20. The smallest absolute Gasteiger partial charge is 0.216 e. The molecular formula is C9H20N2O2S. The van der Waals surface area contributed by atoms with E-state index in [0.29, 0.717) is 19.0 Å². The first kappa shape index (κ1) is 11.9. The highest BCUT2D eigenvalue weighted by molar-refractivity contribution is 7.89. The van der Waals surface area contributed by atoms with Gasteiger partial charge in [0.25, 0.3) is 0 Å². The van der Waals surface area contributed by atoms with Crippen molar-refractivity contribution in [2.45, 2.75) is 38.5 Å². The van der Waals surface area contributed by atoms with Crippen LogP contribution in [0.5, 0.6) is 0 Å². The number of rotatable bonds is 2. The van der Waals surface area contributed by atoms with Gasteiger partial charge in [0, 0.05) is 19.1 Å². The van der Waals surface area contributed by atoms with Crippen LogP contribution in [0.25, 0.3) is 0 Å². The molecule has 1 heterocycles. The van der Waals surface area contributed by atoms with Crippen LogP contribution in [0.15, 0.2) is 0 Å². The normalized spacial score (nSPS) is 30.9. The SMILES string of the molecule is CC1CCN(S(=O)(=O)C(C)C)CC1N. The predicted molar refractivity (Wildman–Crippen MR) is 57.4 cm³/mol. The summed E-state index contributed by atoms with van der Waals surface area (Å²) in [7, 11) is -3.10. The molecule has 1 rings (SSSR count). The average molecular weight is 220 g/mol. The van der Waals surface area contributed by atoms with Crippen LogP contribution < -0.4 is 5.73 Å². The first-order chi connectivity index (χ1) is 6.35. The van der Waals surface area contributed by atoms with Crippen molar-refractivity contribution < 1.29 is 8.42 Å². The van der Waals surface area contributed by atoms with Crippen molar-refractivity contribution in [1.29, 1.82) is 0 Å². The molecule has 1 aliphatic rings. The standard InChI is InChI=1S/C9H20N2O2S/c1-7(2)14(12,13)11-5-4-8(3)9(10)6-11/h7-9H,4-6,10H2,1-3H3. The minimum atomic E-state index is -3.10. The van der Waals surface area contributed by atoms with Gasteiger partial charge in [-0.1, -0.05) is 6.92 Å². The average Bonchev–Trinajstić information content (AvgIpc) is 2.09. The molecule has 2 N–H and O–H groups in total. The van der Waals surface area contributed by atoms with Crippen LogP contribution in [0.4, 0.5) is 0 Å². The summed E-state index contributed by atoms with van der Waals surface area (Å²) in [6.45, 7) is 6.58. The number of nitrogens with two attached hydrogens (primary N) is 1. The van der Waals surface area contributed by atoms with Gasteiger partial charge in [0.15, 0.2) is 0 Å². The molecular weight excluding hydrogens is 200 g/mol. The van der Waals surface area contributed by atoms with Gasteiger partial charge in [-0.05, 0) is 26.2 Å². The summed E-state index contributed by atoms with van der Waals surface area (Å²) in [5.41, 5.74) is 5.86. The lowest BCUT2D eigenvalue weighted by Crippen LogP contribution is -2.51. The van der Waals surface area contributed by atoms with Gasteiger partial charge < -0.3 is 5.73 Å². The van der Waals surface area contributed by atoms with Gasteiger partial charge in [-0.15, -0.1) is 0 Å². The molecule has 0 aromatic heterocycles. The van der Waals surface area contributed by atoms with Crippen molar-refractivity contribution >= 4 is 10.0 Å². The van der Waals surface area contributed by atoms with E-state index in [4.69, 9.17) is 5.73 Å². The largest absolute Gasteiger partial charge is 0.326 e. The molecule has 84 valence electrons. The predicted octanol–water partition coefficient (Wildman–Crippen LogP) is 0.394. The Hall–Kier alpha value is -0.130. The molecule has 1 saturated heterocycles. The van der Waals surface area contributed by atoms with E-state index in [2.05, 4.69) is 6.92 Å². The summed E-state index contributed by atoms with van der Waals surface area (Å²) >= 11 is 0. The Morgan fingerprint density at radius 2 is 2.00 bits per heavy atom. The lowest BCUT2D eigenvalue weighted by Gasteiger charge is -2.35. The maximum Gasteiger partial charge on any atom is 0.216 e. The van der Waals surface area contributed by atoms with Gasteiger partial charge in [0.2, 0.25) is 10.0 Å².